The molecule has 0 aromatic carbocycles. The highest BCUT2D eigenvalue weighted by Crippen LogP contribution is 2.29. The van der Waals surface area contributed by atoms with E-state index >= 15 is 0 Å². The maximum Gasteiger partial charge on any atom is 0.154 e. The number of ether oxygens (including phenoxy) is 1. The zero-order valence-corrected chi connectivity index (χ0v) is 12.8. The normalized spacial score (nSPS) is 32.9. The van der Waals surface area contributed by atoms with Crippen molar-refractivity contribution in [3.63, 3.8) is 0 Å². The molecule has 5 heteroatoms. The van der Waals surface area contributed by atoms with Crippen molar-refractivity contribution in [2.24, 2.45) is 5.92 Å². The molecule has 4 nitrogen and oxygen atoms in total. The fourth-order valence-corrected chi connectivity index (χ4v) is 5.54. The molecule has 3 atom stereocenters. The lowest BCUT2D eigenvalue weighted by Gasteiger charge is -2.37. The van der Waals surface area contributed by atoms with E-state index in [2.05, 4.69) is 12.2 Å². The van der Waals surface area contributed by atoms with Crippen LogP contribution in [-0.2, 0) is 14.6 Å². The van der Waals surface area contributed by atoms with Gasteiger partial charge in [-0.2, -0.15) is 0 Å². The van der Waals surface area contributed by atoms with Gasteiger partial charge in [0.05, 0.1) is 17.6 Å². The van der Waals surface area contributed by atoms with Crippen molar-refractivity contribution in [2.75, 3.05) is 25.5 Å². The predicted octanol–water partition coefficient (Wildman–Crippen LogP) is 1.75. The van der Waals surface area contributed by atoms with Crippen LogP contribution in [0.15, 0.2) is 0 Å². The fraction of sp³-hybridized carbons (Fsp3) is 1.00. The van der Waals surface area contributed by atoms with Crippen LogP contribution in [0.2, 0.25) is 0 Å². The third-order valence-electron chi connectivity index (χ3n) is 4.36. The molecule has 0 bridgehead atoms. The molecule has 112 valence electrons. The summed E-state index contributed by atoms with van der Waals surface area (Å²) in [5.41, 5.74) is 0. The SMILES string of the molecule is CCCNC(C1CCCOC1)C1CCCCS1(=O)=O. The lowest BCUT2D eigenvalue weighted by atomic mass is 9.89. The monoisotopic (exact) mass is 289 g/mol. The van der Waals surface area contributed by atoms with E-state index in [1.807, 2.05) is 0 Å². The maximum atomic E-state index is 12.3. The van der Waals surface area contributed by atoms with Crippen molar-refractivity contribution in [1.29, 1.82) is 0 Å². The number of nitrogens with one attached hydrogen (secondary N) is 1. The van der Waals surface area contributed by atoms with Gasteiger partial charge in [-0.1, -0.05) is 13.3 Å². The average Bonchev–Trinajstić information content (AvgIpc) is 2.42. The molecule has 2 aliphatic heterocycles. The Kier molecular flexibility index (Phi) is 5.66. The summed E-state index contributed by atoms with van der Waals surface area (Å²) in [5.74, 6) is 0.730. The van der Waals surface area contributed by atoms with Crippen LogP contribution in [0.5, 0.6) is 0 Å². The number of sulfone groups is 1. The summed E-state index contributed by atoms with van der Waals surface area (Å²) < 4.78 is 30.3. The number of hydrogen-bond donors (Lipinski definition) is 1. The lowest BCUT2D eigenvalue weighted by molar-refractivity contribution is 0.0379. The van der Waals surface area contributed by atoms with Gasteiger partial charge in [0.15, 0.2) is 9.84 Å². The minimum Gasteiger partial charge on any atom is -0.381 e. The Morgan fingerprint density at radius 1 is 1.26 bits per heavy atom. The zero-order chi connectivity index (χ0) is 13.7. The van der Waals surface area contributed by atoms with Crippen LogP contribution in [0.3, 0.4) is 0 Å². The van der Waals surface area contributed by atoms with E-state index in [0.717, 1.165) is 51.7 Å². The summed E-state index contributed by atoms with van der Waals surface area (Å²) in [5, 5.41) is 3.31. The number of rotatable bonds is 5. The summed E-state index contributed by atoms with van der Waals surface area (Å²) in [7, 11) is -2.92. The summed E-state index contributed by atoms with van der Waals surface area (Å²) in [6, 6.07) is 0.0885. The Bertz CT molecular complexity index is 363. The van der Waals surface area contributed by atoms with Crippen LogP contribution >= 0.6 is 0 Å². The molecule has 2 fully saturated rings. The molecule has 2 heterocycles. The molecule has 0 aromatic rings. The molecule has 0 amide bonds. The Labute approximate surface area is 117 Å². The largest absolute Gasteiger partial charge is 0.381 e. The zero-order valence-electron chi connectivity index (χ0n) is 11.9. The highest BCUT2D eigenvalue weighted by Gasteiger charge is 2.39. The van der Waals surface area contributed by atoms with Crippen LogP contribution in [0.25, 0.3) is 0 Å². The Hall–Kier alpha value is -0.130. The molecule has 2 rings (SSSR count). The molecule has 0 spiro atoms. The minimum absolute atomic E-state index is 0.0885. The van der Waals surface area contributed by atoms with E-state index in [4.69, 9.17) is 4.74 Å². The van der Waals surface area contributed by atoms with E-state index in [9.17, 15) is 8.42 Å². The second-order valence-electron chi connectivity index (χ2n) is 5.86. The standard InChI is InChI=1S/C14H27NO3S/c1-2-8-15-14(12-6-5-9-18-11-12)13-7-3-4-10-19(13,16)17/h12-15H,2-11H2,1H3. The van der Waals surface area contributed by atoms with Crippen LogP contribution in [0, 0.1) is 5.92 Å². The molecular weight excluding hydrogens is 262 g/mol. The van der Waals surface area contributed by atoms with Gasteiger partial charge in [0.2, 0.25) is 0 Å². The molecule has 2 aliphatic rings. The highest BCUT2D eigenvalue weighted by atomic mass is 32.2. The second kappa shape index (κ2) is 7.04. The Balaban J connectivity index is 2.10. The van der Waals surface area contributed by atoms with Gasteiger partial charge in [0.1, 0.15) is 0 Å². The molecule has 3 unspecified atom stereocenters. The van der Waals surface area contributed by atoms with Crippen LogP contribution in [0.4, 0.5) is 0 Å². The van der Waals surface area contributed by atoms with E-state index in [1.54, 1.807) is 0 Å². The Morgan fingerprint density at radius 2 is 2.11 bits per heavy atom. The van der Waals surface area contributed by atoms with Crippen molar-refractivity contribution in [3.8, 4) is 0 Å². The summed E-state index contributed by atoms with van der Waals surface area (Å²) in [6.07, 6.45) is 5.88. The van der Waals surface area contributed by atoms with Gasteiger partial charge in [-0.05, 0) is 44.6 Å². The highest BCUT2D eigenvalue weighted by molar-refractivity contribution is 7.92. The molecule has 19 heavy (non-hydrogen) atoms. The smallest absolute Gasteiger partial charge is 0.154 e. The second-order valence-corrected chi connectivity index (χ2v) is 8.20. The third kappa shape index (κ3) is 3.92. The van der Waals surface area contributed by atoms with Crippen molar-refractivity contribution in [3.05, 3.63) is 0 Å². The van der Waals surface area contributed by atoms with Crippen molar-refractivity contribution >= 4 is 9.84 Å². The molecular formula is C14H27NO3S. The molecule has 0 aliphatic carbocycles. The molecule has 0 aromatic heterocycles. The van der Waals surface area contributed by atoms with Crippen LogP contribution in [0.1, 0.15) is 45.4 Å². The van der Waals surface area contributed by atoms with Crippen molar-refractivity contribution in [1.82, 2.24) is 5.32 Å². The predicted molar refractivity (Wildman–Crippen MR) is 77.1 cm³/mol. The number of hydrogen-bond acceptors (Lipinski definition) is 4. The fourth-order valence-electron chi connectivity index (χ4n) is 3.34. The van der Waals surface area contributed by atoms with Gasteiger partial charge < -0.3 is 10.1 Å². The maximum absolute atomic E-state index is 12.3. The molecule has 1 N–H and O–H groups in total. The molecule has 0 saturated carbocycles. The van der Waals surface area contributed by atoms with Gasteiger partial charge >= 0.3 is 0 Å². The van der Waals surface area contributed by atoms with Gasteiger partial charge in [-0.3, -0.25) is 0 Å². The van der Waals surface area contributed by atoms with Gasteiger partial charge in [-0.25, -0.2) is 8.42 Å². The van der Waals surface area contributed by atoms with E-state index in [0.29, 0.717) is 18.3 Å². The van der Waals surface area contributed by atoms with Crippen LogP contribution < -0.4 is 5.32 Å². The molecule has 2 saturated heterocycles. The lowest BCUT2D eigenvalue weighted by Crippen LogP contribution is -2.52. The van der Waals surface area contributed by atoms with Crippen LogP contribution in [-0.4, -0.2) is 45.2 Å². The quantitative estimate of drug-likeness (QED) is 0.838. The van der Waals surface area contributed by atoms with Crippen molar-refractivity contribution < 1.29 is 13.2 Å². The van der Waals surface area contributed by atoms with E-state index in [1.165, 1.54) is 0 Å². The third-order valence-corrected chi connectivity index (χ3v) is 6.67. The first kappa shape index (κ1) is 15.3. The summed E-state index contributed by atoms with van der Waals surface area (Å²) in [4.78, 5) is 0. The van der Waals surface area contributed by atoms with Gasteiger partial charge in [-0.15, -0.1) is 0 Å². The van der Waals surface area contributed by atoms with Gasteiger partial charge in [0.25, 0.3) is 0 Å². The first-order chi connectivity index (χ1) is 9.15. The van der Waals surface area contributed by atoms with E-state index in [-0.39, 0.29) is 11.3 Å². The van der Waals surface area contributed by atoms with E-state index < -0.39 is 9.84 Å². The summed E-state index contributed by atoms with van der Waals surface area (Å²) in [6.45, 7) is 4.56. The Morgan fingerprint density at radius 3 is 2.74 bits per heavy atom. The average molecular weight is 289 g/mol. The summed E-state index contributed by atoms with van der Waals surface area (Å²) >= 11 is 0. The first-order valence-corrected chi connectivity index (χ1v) is 9.39. The molecule has 0 radical (unpaired) electrons. The van der Waals surface area contributed by atoms with Gasteiger partial charge in [0, 0.05) is 12.6 Å². The van der Waals surface area contributed by atoms with Crippen molar-refractivity contribution in [2.45, 2.75) is 56.7 Å². The topological polar surface area (TPSA) is 55.4 Å². The minimum atomic E-state index is -2.92. The first-order valence-electron chi connectivity index (χ1n) is 7.68.